The van der Waals surface area contributed by atoms with Crippen molar-refractivity contribution in [1.29, 1.82) is 0 Å². The van der Waals surface area contributed by atoms with Crippen LogP contribution >= 0.6 is 0 Å². The first-order chi connectivity index (χ1) is 29.0. The Hall–Kier alpha value is -7.22. The summed E-state index contributed by atoms with van der Waals surface area (Å²) in [4.78, 5) is 0. The normalized spacial score (nSPS) is 12.7. The number of fused-ring (bicyclic) bond motifs is 6. The van der Waals surface area contributed by atoms with Gasteiger partial charge in [0.15, 0.2) is 0 Å². The zero-order valence-electron chi connectivity index (χ0n) is 33.7. The number of hydrogen-bond donors (Lipinski definition) is 0. The SMILES string of the molecule is [2H]c1c([2H])c([2H])c2c(-c3cc(-c4ccccc4)c(-c4cccc5c4oc4cc6ccccc6cc45)c(-c4ccccc4)c3)c3ccccc3c(-c3ccccc3)c2c1[2H]. The molecule has 0 spiro atoms. The number of benzene rings is 10. The summed E-state index contributed by atoms with van der Waals surface area (Å²) < 4.78 is 43.7. The van der Waals surface area contributed by atoms with E-state index in [-0.39, 0.29) is 24.2 Å². The lowest BCUT2D eigenvalue weighted by atomic mass is 9.81. The zero-order valence-corrected chi connectivity index (χ0v) is 29.7. The highest BCUT2D eigenvalue weighted by Gasteiger charge is 2.23. The van der Waals surface area contributed by atoms with Gasteiger partial charge in [0.2, 0.25) is 0 Å². The van der Waals surface area contributed by atoms with Gasteiger partial charge in [-0.2, -0.15) is 0 Å². The van der Waals surface area contributed by atoms with Gasteiger partial charge in [-0.3, -0.25) is 0 Å². The first kappa shape index (κ1) is 27.4. The minimum atomic E-state index is -0.259. The van der Waals surface area contributed by atoms with E-state index in [1.807, 2.05) is 54.6 Å². The van der Waals surface area contributed by atoms with Gasteiger partial charge in [0, 0.05) is 21.9 Å². The molecule has 0 bridgehead atoms. The first-order valence-corrected chi connectivity index (χ1v) is 18.6. The van der Waals surface area contributed by atoms with Gasteiger partial charge in [0.05, 0.1) is 5.48 Å². The average molecular weight is 703 g/mol. The van der Waals surface area contributed by atoms with Crippen molar-refractivity contribution in [2.75, 3.05) is 0 Å². The van der Waals surface area contributed by atoms with Crippen LogP contribution in [-0.4, -0.2) is 0 Å². The van der Waals surface area contributed by atoms with Gasteiger partial charge in [0.25, 0.3) is 0 Å². The average Bonchev–Trinajstić information content (AvgIpc) is 3.66. The topological polar surface area (TPSA) is 13.1 Å². The highest BCUT2D eigenvalue weighted by molar-refractivity contribution is 6.22. The molecule has 0 N–H and O–H groups in total. The van der Waals surface area contributed by atoms with Crippen LogP contribution in [0.15, 0.2) is 211 Å². The summed E-state index contributed by atoms with van der Waals surface area (Å²) in [6.45, 7) is 0. The van der Waals surface area contributed by atoms with Crippen molar-refractivity contribution >= 4 is 54.3 Å². The smallest absolute Gasteiger partial charge is 0.143 e. The summed E-state index contributed by atoms with van der Waals surface area (Å²) in [5, 5.41) is 7.19. The summed E-state index contributed by atoms with van der Waals surface area (Å²) in [7, 11) is 0. The van der Waals surface area contributed by atoms with E-state index in [0.29, 0.717) is 10.8 Å². The number of hydrogen-bond acceptors (Lipinski definition) is 1. The van der Waals surface area contributed by atoms with Gasteiger partial charge in [0.1, 0.15) is 11.2 Å². The lowest BCUT2D eigenvalue weighted by Crippen LogP contribution is -1.95. The van der Waals surface area contributed by atoms with E-state index < -0.39 is 0 Å². The van der Waals surface area contributed by atoms with E-state index in [1.54, 1.807) is 0 Å². The molecule has 1 heteroatoms. The second-order valence-electron chi connectivity index (χ2n) is 14.1. The van der Waals surface area contributed by atoms with Gasteiger partial charge in [-0.25, -0.2) is 0 Å². The van der Waals surface area contributed by atoms with Crippen molar-refractivity contribution in [3.63, 3.8) is 0 Å². The predicted octanol–water partition coefficient (Wildman–Crippen LogP) is 15.4. The largest absolute Gasteiger partial charge is 0.455 e. The van der Waals surface area contributed by atoms with E-state index >= 15 is 0 Å². The van der Waals surface area contributed by atoms with Crippen LogP contribution in [0, 0.1) is 0 Å². The Bertz CT molecular complexity index is 3400. The van der Waals surface area contributed by atoms with Crippen LogP contribution in [0.5, 0.6) is 0 Å². The molecule has 0 aliphatic rings. The van der Waals surface area contributed by atoms with Crippen molar-refractivity contribution in [3.8, 4) is 55.6 Å². The molecule has 256 valence electrons. The van der Waals surface area contributed by atoms with Crippen molar-refractivity contribution in [2.45, 2.75) is 0 Å². The van der Waals surface area contributed by atoms with Crippen LogP contribution in [0.25, 0.3) is 110 Å². The van der Waals surface area contributed by atoms with E-state index in [2.05, 4.69) is 127 Å². The maximum absolute atomic E-state index is 9.56. The quantitative estimate of drug-likeness (QED) is 0.163. The fourth-order valence-electron chi connectivity index (χ4n) is 8.53. The minimum Gasteiger partial charge on any atom is -0.455 e. The molecule has 11 aromatic rings. The molecular weight excluding hydrogens is 665 g/mol. The molecule has 0 atom stereocenters. The lowest BCUT2D eigenvalue weighted by molar-refractivity contribution is 0.670. The molecule has 0 aliphatic heterocycles. The Morgan fingerprint density at radius 2 is 0.818 bits per heavy atom. The van der Waals surface area contributed by atoms with Crippen molar-refractivity contribution < 1.29 is 9.90 Å². The van der Waals surface area contributed by atoms with Crippen molar-refractivity contribution in [3.05, 3.63) is 206 Å². The molecule has 1 nitrogen and oxygen atoms in total. The molecule has 0 fully saturated rings. The molecule has 0 saturated carbocycles. The third-order valence-corrected chi connectivity index (χ3v) is 10.9. The summed E-state index contributed by atoms with van der Waals surface area (Å²) in [6.07, 6.45) is 0. The fraction of sp³-hybridized carbons (Fsp3) is 0. The van der Waals surface area contributed by atoms with Gasteiger partial charge in [-0.05, 0) is 101 Å². The third-order valence-electron chi connectivity index (χ3n) is 10.9. The molecule has 0 amide bonds. The summed E-state index contributed by atoms with van der Waals surface area (Å²) >= 11 is 0. The molecule has 1 heterocycles. The number of furan rings is 1. The third kappa shape index (κ3) is 5.09. The van der Waals surface area contributed by atoms with Crippen LogP contribution in [0.3, 0.4) is 0 Å². The Kier molecular flexibility index (Phi) is 6.34. The first-order valence-electron chi connectivity index (χ1n) is 20.6. The summed E-state index contributed by atoms with van der Waals surface area (Å²) in [5.74, 6) is 0. The van der Waals surface area contributed by atoms with Gasteiger partial charge in [-0.15, -0.1) is 0 Å². The van der Waals surface area contributed by atoms with Crippen LogP contribution in [0.4, 0.5) is 0 Å². The van der Waals surface area contributed by atoms with Crippen LogP contribution < -0.4 is 0 Å². The van der Waals surface area contributed by atoms with Crippen LogP contribution in [0.2, 0.25) is 0 Å². The molecule has 10 aromatic carbocycles. The van der Waals surface area contributed by atoms with E-state index in [1.165, 1.54) is 0 Å². The Labute approximate surface area is 325 Å². The molecule has 55 heavy (non-hydrogen) atoms. The van der Waals surface area contributed by atoms with Gasteiger partial charge in [-0.1, -0.05) is 182 Å². The second kappa shape index (κ2) is 12.7. The molecule has 0 aliphatic carbocycles. The van der Waals surface area contributed by atoms with Crippen molar-refractivity contribution in [2.24, 2.45) is 0 Å². The standard InChI is InChI=1S/C54H34O/c1-4-17-35(18-5-1)47-32-40(52-43-27-14-12-25-41(43)51(37-21-8-3-9-22-37)42-26-13-15-28-44(42)52)33-48(36-19-6-2-7-20-36)53(47)46-30-16-29-45-49-31-38-23-10-11-24-39(38)34-50(49)55-54(45)46/h1-34H/i12D,14D,25D,27D. The molecule has 1 aromatic heterocycles. The molecule has 0 unspecified atom stereocenters. The lowest BCUT2D eigenvalue weighted by Gasteiger charge is -2.22. The number of rotatable bonds is 5. The zero-order chi connectivity index (χ0) is 39.8. The maximum atomic E-state index is 9.56. The molecule has 0 radical (unpaired) electrons. The minimum absolute atomic E-state index is 0.0562. The number of para-hydroxylation sites is 1. The highest BCUT2D eigenvalue weighted by atomic mass is 16.3. The fourth-order valence-corrected chi connectivity index (χ4v) is 8.53. The molecule has 0 saturated heterocycles. The summed E-state index contributed by atoms with van der Waals surface area (Å²) in [5.41, 5.74) is 10.9. The Balaban J connectivity index is 1.32. The van der Waals surface area contributed by atoms with Crippen LogP contribution in [0.1, 0.15) is 5.48 Å². The Morgan fingerprint density at radius 3 is 1.42 bits per heavy atom. The molecular formula is C54H34O. The van der Waals surface area contributed by atoms with E-state index in [9.17, 15) is 2.74 Å². The second-order valence-corrected chi connectivity index (χ2v) is 14.1. The predicted molar refractivity (Wildman–Crippen MR) is 233 cm³/mol. The Morgan fingerprint density at radius 1 is 0.327 bits per heavy atom. The van der Waals surface area contributed by atoms with E-state index in [4.69, 9.17) is 7.16 Å². The maximum Gasteiger partial charge on any atom is 0.143 e. The monoisotopic (exact) mass is 702 g/mol. The highest BCUT2D eigenvalue weighted by Crippen LogP contribution is 2.50. The summed E-state index contributed by atoms with van der Waals surface area (Å²) in [6, 6.07) is 61.7. The van der Waals surface area contributed by atoms with Gasteiger partial charge < -0.3 is 4.42 Å². The van der Waals surface area contributed by atoms with E-state index in [0.717, 1.165) is 99.1 Å². The van der Waals surface area contributed by atoms with Crippen molar-refractivity contribution in [1.82, 2.24) is 0 Å². The van der Waals surface area contributed by atoms with Crippen LogP contribution in [-0.2, 0) is 0 Å². The molecule has 11 rings (SSSR count). The van der Waals surface area contributed by atoms with Gasteiger partial charge >= 0.3 is 0 Å².